The summed E-state index contributed by atoms with van der Waals surface area (Å²) in [5.74, 6) is 2.01. The van der Waals surface area contributed by atoms with E-state index < -0.39 is 0 Å². The van der Waals surface area contributed by atoms with E-state index in [0.717, 1.165) is 33.7 Å². The first kappa shape index (κ1) is 13.0. The lowest BCUT2D eigenvalue weighted by Crippen LogP contribution is -1.99. The average molecular weight is 318 g/mol. The number of para-hydroxylation sites is 1. The maximum absolute atomic E-state index is 4.82. The minimum atomic E-state index is 0.982. The van der Waals surface area contributed by atoms with E-state index in [-0.39, 0.29) is 0 Å². The highest BCUT2D eigenvalue weighted by Gasteiger charge is 2.20. The third-order valence-corrected chi connectivity index (χ3v) is 5.22. The van der Waals surface area contributed by atoms with Crippen molar-refractivity contribution in [3.8, 4) is 0 Å². The summed E-state index contributed by atoms with van der Waals surface area (Å²) in [5.41, 5.74) is 7.87. The molecule has 4 nitrogen and oxygen atoms in total. The summed E-state index contributed by atoms with van der Waals surface area (Å²) in [6.07, 6.45) is 1.73. The lowest BCUT2D eigenvalue weighted by Gasteiger charge is -2.14. The molecule has 0 saturated carbocycles. The van der Waals surface area contributed by atoms with Gasteiger partial charge in [0.2, 0.25) is 0 Å². The first-order valence-corrected chi connectivity index (χ1v) is 8.72. The Hall–Kier alpha value is -2.53. The first-order valence-electron chi connectivity index (χ1n) is 7.57. The second-order valence-electron chi connectivity index (χ2n) is 5.68. The van der Waals surface area contributed by atoms with Gasteiger partial charge in [-0.1, -0.05) is 18.2 Å². The minimum absolute atomic E-state index is 0.982. The number of anilines is 2. The zero-order valence-corrected chi connectivity index (χ0v) is 13.2. The molecule has 5 rings (SSSR count). The fraction of sp³-hybridized carbons (Fsp3) is 0.111. The van der Waals surface area contributed by atoms with Gasteiger partial charge in [-0.05, 0) is 24.3 Å². The monoisotopic (exact) mass is 318 g/mol. The largest absolute Gasteiger partial charge is 0.355 e. The number of aromatic amines is 1. The maximum atomic E-state index is 4.82. The third-order valence-electron chi connectivity index (χ3n) is 4.25. The highest BCUT2D eigenvalue weighted by Crippen LogP contribution is 2.39. The highest BCUT2D eigenvalue weighted by atomic mass is 32.2. The van der Waals surface area contributed by atoms with Crippen molar-refractivity contribution >= 4 is 45.1 Å². The highest BCUT2D eigenvalue weighted by molar-refractivity contribution is 7.98. The Kier molecular flexibility index (Phi) is 2.81. The van der Waals surface area contributed by atoms with Crippen molar-refractivity contribution in [2.75, 3.05) is 5.32 Å². The number of nitrogens with zero attached hydrogens (tertiary/aromatic N) is 2. The van der Waals surface area contributed by atoms with Crippen LogP contribution in [0.1, 0.15) is 11.3 Å². The van der Waals surface area contributed by atoms with Gasteiger partial charge >= 0.3 is 0 Å². The maximum Gasteiger partial charge on any atom is 0.0931 e. The Morgan fingerprint density at radius 1 is 1.04 bits per heavy atom. The quantitative estimate of drug-likeness (QED) is 0.567. The predicted octanol–water partition coefficient (Wildman–Crippen LogP) is 4.60. The van der Waals surface area contributed by atoms with Crippen molar-refractivity contribution in [1.29, 1.82) is 0 Å². The number of aromatic nitrogens is 3. The molecule has 1 aliphatic heterocycles. The second-order valence-corrected chi connectivity index (χ2v) is 6.67. The van der Waals surface area contributed by atoms with Gasteiger partial charge in [0.15, 0.2) is 0 Å². The van der Waals surface area contributed by atoms with Crippen LogP contribution in [0.4, 0.5) is 11.4 Å². The summed E-state index contributed by atoms with van der Waals surface area (Å²) < 4.78 is 0. The Labute approximate surface area is 137 Å². The fourth-order valence-corrected chi connectivity index (χ4v) is 4.18. The van der Waals surface area contributed by atoms with Crippen LogP contribution in [0.2, 0.25) is 0 Å². The van der Waals surface area contributed by atoms with E-state index in [1.54, 1.807) is 6.33 Å². The Morgan fingerprint density at radius 3 is 3.00 bits per heavy atom. The number of fused-ring (bicyclic) bond motifs is 3. The van der Waals surface area contributed by atoms with Gasteiger partial charge in [0, 0.05) is 28.1 Å². The van der Waals surface area contributed by atoms with Crippen molar-refractivity contribution < 1.29 is 0 Å². The standard InChI is InChI=1S/C18H14N4S/c1-2-4-14-12(3-1)18(13-8-23-9-17(13)22-14)21-11-5-6-15-16(7-11)20-10-19-15/h1-7,10H,8-9H2,(H,19,20)(H,21,22). The molecule has 0 atom stereocenters. The summed E-state index contributed by atoms with van der Waals surface area (Å²) in [6, 6.07) is 14.6. The number of nitrogens with one attached hydrogen (secondary N) is 2. The molecule has 0 bridgehead atoms. The molecule has 2 N–H and O–H groups in total. The van der Waals surface area contributed by atoms with Gasteiger partial charge in [0.1, 0.15) is 0 Å². The van der Waals surface area contributed by atoms with Crippen molar-refractivity contribution in [2.45, 2.75) is 11.5 Å². The Bertz CT molecular complexity index is 1040. The van der Waals surface area contributed by atoms with Crippen molar-refractivity contribution in [1.82, 2.24) is 15.0 Å². The van der Waals surface area contributed by atoms with Crippen LogP contribution in [0, 0.1) is 0 Å². The molecule has 0 radical (unpaired) electrons. The summed E-state index contributed by atoms with van der Waals surface area (Å²) in [4.78, 5) is 12.3. The number of thioether (sulfide) groups is 1. The van der Waals surface area contributed by atoms with E-state index in [9.17, 15) is 0 Å². The number of pyridine rings is 1. The van der Waals surface area contributed by atoms with Gasteiger partial charge in [0.25, 0.3) is 0 Å². The number of hydrogen-bond acceptors (Lipinski definition) is 4. The summed E-state index contributed by atoms with van der Waals surface area (Å²) in [7, 11) is 0. The molecule has 0 saturated heterocycles. The number of H-pyrrole nitrogens is 1. The van der Waals surface area contributed by atoms with Gasteiger partial charge < -0.3 is 10.3 Å². The molecule has 5 heteroatoms. The number of rotatable bonds is 2. The SMILES string of the molecule is c1ccc2c(Nc3ccc4nc[nH]c4c3)c3c(nc2c1)CSC3. The first-order chi connectivity index (χ1) is 11.4. The molecule has 0 aliphatic carbocycles. The number of imidazole rings is 1. The van der Waals surface area contributed by atoms with Crippen LogP contribution < -0.4 is 5.32 Å². The Balaban J connectivity index is 1.69. The fourth-order valence-electron chi connectivity index (χ4n) is 3.13. The van der Waals surface area contributed by atoms with Crippen LogP contribution in [0.5, 0.6) is 0 Å². The predicted molar refractivity (Wildman–Crippen MR) is 96.1 cm³/mol. The van der Waals surface area contributed by atoms with Gasteiger partial charge in [-0.3, -0.25) is 4.98 Å². The molecule has 2 aromatic heterocycles. The molecule has 0 spiro atoms. The summed E-state index contributed by atoms with van der Waals surface area (Å²) in [6.45, 7) is 0. The topological polar surface area (TPSA) is 53.6 Å². The molecule has 4 aromatic rings. The smallest absolute Gasteiger partial charge is 0.0931 e. The molecule has 0 amide bonds. The molecular formula is C18H14N4S. The van der Waals surface area contributed by atoms with Gasteiger partial charge in [-0.2, -0.15) is 11.8 Å². The summed E-state index contributed by atoms with van der Waals surface area (Å²) in [5, 5.41) is 4.81. The van der Waals surface area contributed by atoms with E-state index in [1.807, 2.05) is 23.9 Å². The molecule has 112 valence electrons. The number of benzene rings is 2. The van der Waals surface area contributed by atoms with E-state index >= 15 is 0 Å². The molecule has 1 aliphatic rings. The lowest BCUT2D eigenvalue weighted by molar-refractivity contribution is 1.20. The van der Waals surface area contributed by atoms with Crippen LogP contribution in [-0.2, 0) is 11.5 Å². The van der Waals surface area contributed by atoms with E-state index in [0.29, 0.717) is 0 Å². The van der Waals surface area contributed by atoms with E-state index in [4.69, 9.17) is 4.98 Å². The molecule has 2 aromatic carbocycles. The number of hydrogen-bond donors (Lipinski definition) is 2. The second kappa shape index (κ2) is 4.99. The minimum Gasteiger partial charge on any atom is -0.355 e. The summed E-state index contributed by atoms with van der Waals surface area (Å²) >= 11 is 1.92. The normalized spacial score (nSPS) is 13.6. The zero-order chi connectivity index (χ0) is 15.2. The average Bonchev–Trinajstić information content (AvgIpc) is 3.22. The van der Waals surface area contributed by atoms with Gasteiger partial charge in [-0.15, -0.1) is 0 Å². The Morgan fingerprint density at radius 2 is 2.00 bits per heavy atom. The van der Waals surface area contributed by atoms with Crippen LogP contribution >= 0.6 is 11.8 Å². The van der Waals surface area contributed by atoms with Crippen LogP contribution in [0.25, 0.3) is 21.9 Å². The zero-order valence-electron chi connectivity index (χ0n) is 12.3. The van der Waals surface area contributed by atoms with E-state index in [1.165, 1.54) is 22.3 Å². The van der Waals surface area contributed by atoms with Crippen LogP contribution in [0.3, 0.4) is 0 Å². The van der Waals surface area contributed by atoms with Crippen molar-refractivity contribution in [2.24, 2.45) is 0 Å². The molecule has 3 heterocycles. The molecule has 0 fully saturated rings. The molecule has 23 heavy (non-hydrogen) atoms. The van der Waals surface area contributed by atoms with Crippen molar-refractivity contribution in [3.05, 3.63) is 60.0 Å². The van der Waals surface area contributed by atoms with Crippen LogP contribution in [0.15, 0.2) is 48.8 Å². The van der Waals surface area contributed by atoms with Gasteiger partial charge in [0.05, 0.1) is 34.3 Å². The third kappa shape index (κ3) is 2.08. The molecule has 0 unspecified atom stereocenters. The molecular weight excluding hydrogens is 304 g/mol. The lowest BCUT2D eigenvalue weighted by atomic mass is 10.1. The van der Waals surface area contributed by atoms with Gasteiger partial charge in [-0.25, -0.2) is 4.98 Å². The van der Waals surface area contributed by atoms with Crippen LogP contribution in [-0.4, -0.2) is 15.0 Å². The van der Waals surface area contributed by atoms with E-state index in [2.05, 4.69) is 45.6 Å². The van der Waals surface area contributed by atoms with Crippen molar-refractivity contribution in [3.63, 3.8) is 0 Å².